The quantitative estimate of drug-likeness (QED) is 0.395. The molecule has 30 heavy (non-hydrogen) atoms. The molecule has 6 nitrogen and oxygen atoms in total. The maximum absolute atomic E-state index is 13.2. The van der Waals surface area contributed by atoms with Crippen LogP contribution in [0.5, 0.6) is 0 Å². The second-order valence-corrected chi connectivity index (χ2v) is 10.2. The van der Waals surface area contributed by atoms with Gasteiger partial charge in [-0.2, -0.15) is 0 Å². The number of thiophene rings is 1. The van der Waals surface area contributed by atoms with Gasteiger partial charge in [-0.05, 0) is 64.5 Å². The Kier molecular flexibility index (Phi) is 6.75. The number of aromatic nitrogens is 2. The number of aryl methyl sites for hydroxylation is 2. The van der Waals surface area contributed by atoms with Crippen molar-refractivity contribution in [1.29, 1.82) is 0 Å². The first-order valence-corrected chi connectivity index (χ1v) is 12.2. The van der Waals surface area contributed by atoms with Crippen LogP contribution in [0.4, 0.5) is 0 Å². The Morgan fingerprint density at radius 1 is 1.33 bits per heavy atom. The first-order chi connectivity index (χ1) is 14.5. The van der Waals surface area contributed by atoms with Gasteiger partial charge in [0.15, 0.2) is 0 Å². The van der Waals surface area contributed by atoms with Crippen LogP contribution < -0.4 is 0 Å². The van der Waals surface area contributed by atoms with E-state index in [-0.39, 0.29) is 11.9 Å². The zero-order valence-electron chi connectivity index (χ0n) is 17.8. The summed E-state index contributed by atoms with van der Waals surface area (Å²) >= 11 is 3.36. The van der Waals surface area contributed by atoms with E-state index in [2.05, 4.69) is 35.8 Å². The zero-order valence-corrected chi connectivity index (χ0v) is 19.4. The molecular formula is C22H28N4O2S2. The van der Waals surface area contributed by atoms with Crippen LogP contribution in [0, 0.1) is 13.8 Å². The summed E-state index contributed by atoms with van der Waals surface area (Å²) in [5.41, 5.74) is 1.25. The fourth-order valence-electron chi connectivity index (χ4n) is 3.94. The Bertz CT molecular complexity index is 994. The first-order valence-electron chi connectivity index (χ1n) is 10.4. The molecule has 160 valence electrons. The number of thioether (sulfide) groups is 1. The molecule has 1 amide bonds. The highest BCUT2D eigenvalue weighted by atomic mass is 32.2. The number of likely N-dealkylation sites (tertiary alicyclic amines) is 1. The van der Waals surface area contributed by atoms with E-state index in [1.807, 2.05) is 17.0 Å². The molecule has 0 aromatic carbocycles. The Morgan fingerprint density at radius 2 is 2.13 bits per heavy atom. The minimum Gasteiger partial charge on any atom is -0.467 e. The Balaban J connectivity index is 1.42. The summed E-state index contributed by atoms with van der Waals surface area (Å²) in [4.78, 5) is 28.8. The number of piperidine rings is 1. The highest BCUT2D eigenvalue weighted by Gasteiger charge is 2.27. The molecule has 8 heteroatoms. The second-order valence-electron chi connectivity index (χ2n) is 7.88. The lowest BCUT2D eigenvalue weighted by Crippen LogP contribution is -2.46. The number of rotatable bonds is 7. The summed E-state index contributed by atoms with van der Waals surface area (Å²) in [6.07, 6.45) is 5.81. The van der Waals surface area contributed by atoms with Crippen molar-refractivity contribution in [3.05, 3.63) is 40.9 Å². The number of hydrogen-bond acceptors (Lipinski definition) is 7. The van der Waals surface area contributed by atoms with E-state index in [0.29, 0.717) is 18.7 Å². The molecule has 1 fully saturated rings. The van der Waals surface area contributed by atoms with Gasteiger partial charge in [0.2, 0.25) is 5.91 Å². The van der Waals surface area contributed by atoms with Crippen LogP contribution in [0.2, 0.25) is 0 Å². The summed E-state index contributed by atoms with van der Waals surface area (Å²) < 4.78 is 5.54. The van der Waals surface area contributed by atoms with E-state index in [1.165, 1.54) is 10.4 Å². The first kappa shape index (κ1) is 21.3. The molecular weight excluding hydrogens is 416 g/mol. The van der Waals surface area contributed by atoms with Crippen molar-refractivity contribution < 1.29 is 9.21 Å². The molecule has 0 atom stereocenters. The van der Waals surface area contributed by atoms with E-state index in [0.717, 1.165) is 46.9 Å². The van der Waals surface area contributed by atoms with Crippen molar-refractivity contribution in [3.8, 4) is 0 Å². The molecule has 0 unspecified atom stereocenters. The number of hydrogen-bond donors (Lipinski definition) is 0. The second kappa shape index (κ2) is 9.49. The van der Waals surface area contributed by atoms with Gasteiger partial charge in [0.05, 0.1) is 12.8 Å². The summed E-state index contributed by atoms with van der Waals surface area (Å²) in [5, 5.41) is 2.12. The van der Waals surface area contributed by atoms with Gasteiger partial charge in [0.1, 0.15) is 21.9 Å². The van der Waals surface area contributed by atoms with Gasteiger partial charge in [-0.15, -0.1) is 23.1 Å². The van der Waals surface area contributed by atoms with Gasteiger partial charge in [-0.3, -0.25) is 4.79 Å². The standard InChI is InChI=1S/C22H28N4O2S2/c1-15-16(2)30-22-20(15)21(23-14-24-22)29-12-8-19(27)26(13-18-5-4-11-28-18)17-6-9-25(3)10-7-17/h4-5,11,14,17H,6-10,12-13H2,1-3H3. The van der Waals surface area contributed by atoms with Crippen LogP contribution >= 0.6 is 23.1 Å². The van der Waals surface area contributed by atoms with Crippen molar-refractivity contribution in [2.24, 2.45) is 0 Å². The van der Waals surface area contributed by atoms with Gasteiger partial charge in [0.25, 0.3) is 0 Å². The number of fused-ring (bicyclic) bond motifs is 1. The lowest BCUT2D eigenvalue weighted by atomic mass is 10.0. The number of nitrogens with zero attached hydrogens (tertiary/aromatic N) is 4. The molecule has 3 aromatic rings. The van der Waals surface area contributed by atoms with Crippen LogP contribution in [0.15, 0.2) is 34.2 Å². The van der Waals surface area contributed by atoms with Gasteiger partial charge in [-0.25, -0.2) is 9.97 Å². The molecule has 0 bridgehead atoms. The van der Waals surface area contributed by atoms with Gasteiger partial charge in [0, 0.05) is 28.5 Å². The lowest BCUT2D eigenvalue weighted by molar-refractivity contribution is -0.135. The lowest BCUT2D eigenvalue weighted by Gasteiger charge is -2.37. The van der Waals surface area contributed by atoms with Crippen LogP contribution in [0.25, 0.3) is 10.2 Å². The summed E-state index contributed by atoms with van der Waals surface area (Å²) in [6, 6.07) is 4.11. The Morgan fingerprint density at radius 3 is 2.87 bits per heavy atom. The molecule has 3 aromatic heterocycles. The van der Waals surface area contributed by atoms with Crippen LogP contribution in [-0.4, -0.2) is 57.6 Å². The van der Waals surface area contributed by atoms with Gasteiger partial charge in [-0.1, -0.05) is 0 Å². The van der Waals surface area contributed by atoms with Crippen molar-refractivity contribution in [1.82, 2.24) is 19.8 Å². The normalized spacial score (nSPS) is 15.7. The van der Waals surface area contributed by atoms with E-state index in [1.54, 1.807) is 35.7 Å². The topological polar surface area (TPSA) is 62.5 Å². The molecule has 1 saturated heterocycles. The van der Waals surface area contributed by atoms with Crippen molar-refractivity contribution in [2.75, 3.05) is 25.9 Å². The smallest absolute Gasteiger partial charge is 0.224 e. The molecule has 4 rings (SSSR count). The van der Waals surface area contributed by atoms with Crippen LogP contribution in [0.3, 0.4) is 0 Å². The summed E-state index contributed by atoms with van der Waals surface area (Å²) in [5.74, 6) is 1.74. The maximum Gasteiger partial charge on any atom is 0.224 e. The predicted molar refractivity (Wildman–Crippen MR) is 122 cm³/mol. The SMILES string of the molecule is Cc1sc2ncnc(SCCC(=O)N(Cc3ccco3)C3CCN(C)CC3)c2c1C. The monoisotopic (exact) mass is 444 g/mol. The van der Waals surface area contributed by atoms with E-state index in [9.17, 15) is 4.79 Å². The molecule has 1 aliphatic heterocycles. The number of furan rings is 1. The molecule has 0 N–H and O–H groups in total. The third kappa shape index (κ3) is 4.71. The highest BCUT2D eigenvalue weighted by molar-refractivity contribution is 7.99. The number of carbonyl (C=O) groups is 1. The maximum atomic E-state index is 13.2. The Labute approximate surface area is 185 Å². The molecule has 0 aliphatic carbocycles. The van der Waals surface area contributed by atoms with Gasteiger partial charge < -0.3 is 14.2 Å². The van der Waals surface area contributed by atoms with Crippen molar-refractivity contribution in [2.45, 2.75) is 50.7 Å². The van der Waals surface area contributed by atoms with Crippen LogP contribution in [-0.2, 0) is 11.3 Å². The van der Waals surface area contributed by atoms with E-state index >= 15 is 0 Å². The minimum absolute atomic E-state index is 0.192. The van der Waals surface area contributed by atoms with Crippen molar-refractivity contribution in [3.63, 3.8) is 0 Å². The molecule has 4 heterocycles. The average Bonchev–Trinajstić information content (AvgIpc) is 3.35. The average molecular weight is 445 g/mol. The third-order valence-electron chi connectivity index (χ3n) is 5.84. The van der Waals surface area contributed by atoms with E-state index in [4.69, 9.17) is 4.42 Å². The number of carbonyl (C=O) groups excluding carboxylic acids is 1. The molecule has 0 spiro atoms. The fourth-order valence-corrected chi connectivity index (χ4v) is 5.98. The van der Waals surface area contributed by atoms with E-state index < -0.39 is 0 Å². The third-order valence-corrected chi connectivity index (χ3v) is 7.95. The van der Waals surface area contributed by atoms with Crippen molar-refractivity contribution >= 4 is 39.2 Å². The Hall–Kier alpha value is -1.90. The highest BCUT2D eigenvalue weighted by Crippen LogP contribution is 2.34. The zero-order chi connectivity index (χ0) is 21.1. The molecule has 0 saturated carbocycles. The number of amides is 1. The minimum atomic E-state index is 0.192. The fraction of sp³-hybridized carbons (Fsp3) is 0.500. The molecule has 1 aliphatic rings. The molecule has 0 radical (unpaired) electrons. The van der Waals surface area contributed by atoms with Crippen LogP contribution in [0.1, 0.15) is 35.5 Å². The van der Waals surface area contributed by atoms with Gasteiger partial charge >= 0.3 is 0 Å². The summed E-state index contributed by atoms with van der Waals surface area (Å²) in [6.45, 7) is 6.84. The predicted octanol–water partition coefficient (Wildman–Crippen LogP) is 4.51. The largest absolute Gasteiger partial charge is 0.467 e. The summed E-state index contributed by atoms with van der Waals surface area (Å²) in [7, 11) is 2.14.